The maximum atomic E-state index is 13.4. The summed E-state index contributed by atoms with van der Waals surface area (Å²) >= 11 is 0.979. The standard InChI is InChI=1S/C29H38N7O6PS2/c1-22-26-18-25(42-17-3-10-36-14-11-35(12-15-36,13-16-36)9-2-8-32-21-31)6-7-27(26)44-29(22)45(40,41)34-28(43(37,38)39)23-4-5-24(19-30)33-20-23/h4-7,18,20-21,28,34H,2-3,8-17H2,1H3,(H2-2,31,32,37,38,39). The molecule has 3 saturated heterocycles. The number of fused-ring (bicyclic) bond motifs is 4. The third-order valence-corrected chi connectivity index (χ3v) is 13.7. The van der Waals surface area contributed by atoms with Crippen LogP contribution in [0.4, 0.5) is 0 Å². The van der Waals surface area contributed by atoms with Crippen molar-refractivity contribution in [2.24, 2.45) is 10.7 Å². The molecule has 0 aliphatic carbocycles. The number of nitrogens with two attached hydrogens (primary N) is 1. The molecular weight excluding hydrogens is 637 g/mol. The van der Waals surface area contributed by atoms with Gasteiger partial charge in [-0.3, -0.25) is 4.99 Å². The van der Waals surface area contributed by atoms with Crippen LogP contribution in [0.3, 0.4) is 0 Å². The summed E-state index contributed by atoms with van der Waals surface area (Å²) in [6, 6.07) is 9.57. The number of benzene rings is 1. The summed E-state index contributed by atoms with van der Waals surface area (Å²) in [7, 11) is -9.89. The molecule has 5 heterocycles. The molecule has 3 aliphatic rings. The number of piperazine rings is 3. The van der Waals surface area contributed by atoms with Crippen LogP contribution < -0.4 is 25.0 Å². The van der Waals surface area contributed by atoms with Gasteiger partial charge in [0.1, 0.15) is 61.0 Å². The molecule has 0 saturated carbocycles. The van der Waals surface area contributed by atoms with E-state index >= 15 is 0 Å². The van der Waals surface area contributed by atoms with Gasteiger partial charge in [0.15, 0.2) is 0 Å². The van der Waals surface area contributed by atoms with Gasteiger partial charge in [-0.05, 0) is 49.9 Å². The topological polar surface area (TPSA) is 194 Å². The lowest BCUT2D eigenvalue weighted by Crippen LogP contribution is -2.75. The number of nitrogens with zero attached hydrogens (tertiary/aromatic N) is 5. The first-order valence-corrected chi connectivity index (χ1v) is 18.8. The van der Waals surface area contributed by atoms with Crippen molar-refractivity contribution < 1.29 is 36.5 Å². The first-order chi connectivity index (χ1) is 21.4. The zero-order valence-corrected chi connectivity index (χ0v) is 27.7. The molecule has 2 bridgehead atoms. The molecule has 3 aliphatic heterocycles. The molecule has 13 nitrogen and oxygen atoms in total. The zero-order chi connectivity index (χ0) is 32.3. The van der Waals surface area contributed by atoms with Crippen molar-refractivity contribution >= 4 is 45.4 Å². The second kappa shape index (κ2) is 13.4. The minimum atomic E-state index is -5.48. The van der Waals surface area contributed by atoms with Gasteiger partial charge in [-0.25, -0.2) is 13.4 Å². The number of thiophene rings is 1. The third kappa shape index (κ3) is 7.56. The summed E-state index contributed by atoms with van der Waals surface area (Å²) in [5.74, 6) is -1.46. The molecule has 16 heteroatoms. The maximum Gasteiger partial charge on any atom is 0.251 e. The number of ether oxygens (including phenoxy) is 1. The molecule has 242 valence electrons. The van der Waals surface area contributed by atoms with Gasteiger partial charge in [-0.15, -0.1) is 11.3 Å². The minimum absolute atomic E-state index is 0.000837. The molecule has 0 radical (unpaired) electrons. The van der Waals surface area contributed by atoms with E-state index in [1.807, 2.05) is 4.72 Å². The number of aliphatic imine (C=N–C) groups is 1. The molecule has 1 atom stereocenters. The van der Waals surface area contributed by atoms with E-state index in [0.717, 1.165) is 54.5 Å². The predicted molar refractivity (Wildman–Crippen MR) is 168 cm³/mol. The van der Waals surface area contributed by atoms with Crippen molar-refractivity contribution in [3.05, 3.63) is 53.3 Å². The Morgan fingerprint density at radius 1 is 1.16 bits per heavy atom. The SMILES string of the molecule is Cc1c(S(=O)(=O)NC(c2ccc(C#N)nc2)P(=O)([O-])[O-])sc2ccc(OCCC[N+]34CC[N+](CCCN=CN)(CC3)CC4)cc12. The fourth-order valence-corrected chi connectivity index (χ4v) is 10.7. The zero-order valence-electron chi connectivity index (χ0n) is 25.1. The van der Waals surface area contributed by atoms with Crippen molar-refractivity contribution in [3.63, 3.8) is 0 Å². The van der Waals surface area contributed by atoms with Gasteiger partial charge < -0.3 is 33.8 Å². The number of hydrogen-bond acceptors (Lipinski definition) is 10. The van der Waals surface area contributed by atoms with Gasteiger partial charge in [0.2, 0.25) is 0 Å². The second-order valence-electron chi connectivity index (χ2n) is 11.9. The summed E-state index contributed by atoms with van der Waals surface area (Å²) in [6.07, 6.45) is 4.37. The van der Waals surface area contributed by atoms with E-state index in [1.54, 1.807) is 31.2 Å². The van der Waals surface area contributed by atoms with Crippen molar-refractivity contribution in [2.75, 3.05) is 65.5 Å². The first-order valence-electron chi connectivity index (χ1n) is 14.9. The summed E-state index contributed by atoms with van der Waals surface area (Å²) < 4.78 is 49.9. The van der Waals surface area contributed by atoms with Crippen LogP contribution in [0.15, 0.2) is 45.7 Å². The number of sulfonamides is 1. The quantitative estimate of drug-likeness (QED) is 0.0830. The number of pyridine rings is 1. The molecule has 6 rings (SSSR count). The number of aryl methyl sites for hydroxylation is 1. The lowest BCUT2D eigenvalue weighted by molar-refractivity contribution is -1.08. The predicted octanol–water partition coefficient (Wildman–Crippen LogP) is 1.17. The molecule has 45 heavy (non-hydrogen) atoms. The lowest BCUT2D eigenvalue weighted by Gasteiger charge is -2.55. The average molecular weight is 676 g/mol. The molecule has 3 N–H and O–H groups in total. The number of aromatic nitrogens is 1. The highest BCUT2D eigenvalue weighted by Crippen LogP contribution is 2.44. The summed E-state index contributed by atoms with van der Waals surface area (Å²) in [5.41, 5.74) is 5.61. The Morgan fingerprint density at radius 3 is 2.40 bits per heavy atom. The Labute approximate surface area is 267 Å². The number of nitrogens with one attached hydrogen (secondary N) is 1. The largest absolute Gasteiger partial charge is 0.809 e. The summed E-state index contributed by atoms with van der Waals surface area (Å²) in [6.45, 7) is 12.4. The van der Waals surface area contributed by atoms with Gasteiger partial charge >= 0.3 is 0 Å². The maximum absolute atomic E-state index is 13.4. The summed E-state index contributed by atoms with van der Waals surface area (Å²) in [5, 5.41) is 9.61. The van der Waals surface area contributed by atoms with Crippen LogP contribution in [0.5, 0.6) is 5.75 Å². The number of hydrogen-bond donors (Lipinski definition) is 2. The number of quaternary nitrogens is 2. The van der Waals surface area contributed by atoms with Gasteiger partial charge in [0.25, 0.3) is 10.0 Å². The average Bonchev–Trinajstić information content (AvgIpc) is 3.37. The van der Waals surface area contributed by atoms with Crippen LogP contribution >= 0.6 is 18.9 Å². The first kappa shape index (κ1) is 33.4. The Balaban J connectivity index is 1.20. The smallest absolute Gasteiger partial charge is 0.251 e. The van der Waals surface area contributed by atoms with Crippen LogP contribution in [0, 0.1) is 18.3 Å². The number of nitriles is 1. The number of rotatable bonds is 14. The third-order valence-electron chi connectivity index (χ3n) is 9.12. The minimum Gasteiger partial charge on any atom is -0.809 e. The van der Waals surface area contributed by atoms with Crippen LogP contribution in [-0.2, 0) is 14.6 Å². The van der Waals surface area contributed by atoms with Crippen molar-refractivity contribution in [1.29, 1.82) is 5.26 Å². The normalized spacial score (nSPS) is 22.5. The van der Waals surface area contributed by atoms with Crippen LogP contribution in [0.1, 0.15) is 35.4 Å². The Hall–Kier alpha value is -2.93. The van der Waals surface area contributed by atoms with E-state index in [9.17, 15) is 22.8 Å². The van der Waals surface area contributed by atoms with Gasteiger partial charge in [-0.1, -0.05) is 6.07 Å². The van der Waals surface area contributed by atoms with Gasteiger partial charge in [0.05, 0.1) is 31.8 Å². The molecule has 3 fully saturated rings. The fourth-order valence-electron chi connectivity index (χ4n) is 6.45. The van der Waals surface area contributed by atoms with E-state index in [1.165, 1.54) is 62.2 Å². The van der Waals surface area contributed by atoms with Gasteiger partial charge in [0, 0.05) is 35.7 Å². The molecule has 2 aromatic heterocycles. The summed E-state index contributed by atoms with van der Waals surface area (Å²) in [4.78, 5) is 32.0. The highest BCUT2D eigenvalue weighted by atomic mass is 32.2. The molecule has 3 aromatic rings. The van der Waals surface area contributed by atoms with Crippen molar-refractivity contribution in [2.45, 2.75) is 29.8 Å². The van der Waals surface area contributed by atoms with E-state index < -0.39 is 23.4 Å². The molecule has 1 aromatic carbocycles. The molecule has 1 unspecified atom stereocenters. The van der Waals surface area contributed by atoms with Crippen LogP contribution in [0.25, 0.3) is 10.1 Å². The Bertz CT molecular complexity index is 1730. The second-order valence-corrected chi connectivity index (χ2v) is 16.5. The van der Waals surface area contributed by atoms with Crippen molar-refractivity contribution in [1.82, 2.24) is 9.71 Å². The molecule has 0 spiro atoms. The highest BCUT2D eigenvalue weighted by Gasteiger charge is 2.48. The van der Waals surface area contributed by atoms with Crippen LogP contribution in [0.2, 0.25) is 0 Å². The monoisotopic (exact) mass is 675 g/mol. The lowest BCUT2D eigenvalue weighted by atomic mass is 10.1. The molecule has 0 amide bonds. The van der Waals surface area contributed by atoms with E-state index in [2.05, 4.69) is 9.98 Å². The fraction of sp³-hybridized carbons (Fsp3) is 0.483. The van der Waals surface area contributed by atoms with E-state index in [4.69, 9.17) is 15.7 Å². The molecular formula is C29H38N7O6PS2. The highest BCUT2D eigenvalue weighted by molar-refractivity contribution is 7.92. The van der Waals surface area contributed by atoms with E-state index in [-0.39, 0.29) is 15.5 Å². The Kier molecular flexibility index (Phi) is 9.98. The van der Waals surface area contributed by atoms with Crippen molar-refractivity contribution in [3.8, 4) is 11.8 Å². The van der Waals surface area contributed by atoms with E-state index in [0.29, 0.717) is 28.0 Å². The Morgan fingerprint density at radius 2 is 1.82 bits per heavy atom. The van der Waals surface area contributed by atoms with Gasteiger partial charge in [-0.2, -0.15) is 9.98 Å². The van der Waals surface area contributed by atoms with Crippen LogP contribution in [-0.4, -0.2) is 94.2 Å².